The van der Waals surface area contributed by atoms with Crippen molar-refractivity contribution in [3.8, 4) is 11.4 Å². The van der Waals surface area contributed by atoms with E-state index >= 15 is 0 Å². The molecule has 0 aliphatic heterocycles. The van der Waals surface area contributed by atoms with Crippen molar-refractivity contribution in [2.24, 2.45) is 5.90 Å². The summed E-state index contributed by atoms with van der Waals surface area (Å²) in [5.41, 5.74) is 6.07. The zero-order valence-electron chi connectivity index (χ0n) is 13.7. The Morgan fingerprint density at radius 2 is 1.96 bits per heavy atom. The van der Waals surface area contributed by atoms with E-state index in [0.29, 0.717) is 12.8 Å². The molecule has 2 aromatic rings. The van der Waals surface area contributed by atoms with Gasteiger partial charge in [0, 0.05) is 50.7 Å². The fourth-order valence-corrected chi connectivity index (χ4v) is 2.90. The number of aryl methyl sites for hydroxylation is 2. The molecule has 2 rings (SSSR count). The van der Waals surface area contributed by atoms with Crippen LogP contribution in [-0.2, 0) is 64.3 Å². The summed E-state index contributed by atoms with van der Waals surface area (Å²) in [4.78, 5) is 10.4. The standard InChI is InChI=1S/C14H22N3O5P.Y/c1-9-7-12(3-5-18)14(16-9)13-8-11(10(2)17-13)4-6-20-23(19)22-21-15;/h7-8,16-18,23H,3-6,15H2,1-2H3;. The maximum atomic E-state index is 11.2. The largest absolute Gasteiger partial charge is 0.396 e. The predicted octanol–water partition coefficient (Wildman–Crippen LogP) is 1.93. The molecule has 0 spiro atoms. The maximum Gasteiger partial charge on any atom is 0.349 e. The average Bonchev–Trinajstić information content (AvgIpc) is 3.03. The maximum absolute atomic E-state index is 11.2. The van der Waals surface area contributed by atoms with Gasteiger partial charge in [-0.15, -0.1) is 9.66 Å². The molecule has 5 N–H and O–H groups in total. The van der Waals surface area contributed by atoms with E-state index in [0.717, 1.165) is 33.9 Å². The third-order valence-corrected chi connectivity index (χ3v) is 4.19. The number of nitrogens with one attached hydrogen (secondary N) is 2. The second-order valence-corrected chi connectivity index (χ2v) is 6.14. The molecule has 0 saturated carbocycles. The summed E-state index contributed by atoms with van der Waals surface area (Å²) in [5, 5.41) is 9.17. The minimum Gasteiger partial charge on any atom is -0.396 e. The minimum absolute atomic E-state index is 0. The van der Waals surface area contributed by atoms with Crippen LogP contribution in [0.3, 0.4) is 0 Å². The molecule has 0 bridgehead atoms. The molecule has 24 heavy (non-hydrogen) atoms. The van der Waals surface area contributed by atoms with Crippen molar-refractivity contribution in [1.29, 1.82) is 0 Å². The molecule has 1 atom stereocenters. The molecule has 0 aromatic carbocycles. The Morgan fingerprint density at radius 1 is 1.21 bits per heavy atom. The average molecular weight is 432 g/mol. The molecule has 0 aliphatic carbocycles. The van der Waals surface area contributed by atoms with Gasteiger partial charge in [-0.05, 0) is 49.9 Å². The summed E-state index contributed by atoms with van der Waals surface area (Å²) >= 11 is 0. The molecule has 2 heterocycles. The summed E-state index contributed by atoms with van der Waals surface area (Å²) < 4.78 is 20.3. The molecule has 131 valence electrons. The van der Waals surface area contributed by atoms with Gasteiger partial charge in [-0.25, -0.2) is 0 Å². The summed E-state index contributed by atoms with van der Waals surface area (Å²) in [6.07, 6.45) is 1.16. The van der Waals surface area contributed by atoms with Gasteiger partial charge in [0.15, 0.2) is 0 Å². The number of aliphatic hydroxyl groups excluding tert-OH is 1. The van der Waals surface area contributed by atoms with Gasteiger partial charge < -0.3 is 19.6 Å². The normalized spacial score (nSPS) is 12.2. The molecule has 0 fully saturated rings. The van der Waals surface area contributed by atoms with Crippen LogP contribution in [0, 0.1) is 13.8 Å². The van der Waals surface area contributed by atoms with E-state index in [1.807, 2.05) is 26.0 Å². The van der Waals surface area contributed by atoms with Crippen molar-refractivity contribution in [1.82, 2.24) is 9.97 Å². The molecule has 1 radical (unpaired) electrons. The Labute approximate surface area is 166 Å². The number of H-pyrrole nitrogens is 2. The van der Waals surface area contributed by atoms with Crippen LogP contribution in [0.1, 0.15) is 22.5 Å². The van der Waals surface area contributed by atoms with E-state index in [2.05, 4.69) is 25.5 Å². The second kappa shape index (κ2) is 10.6. The topological polar surface area (TPSA) is 123 Å². The van der Waals surface area contributed by atoms with Crippen molar-refractivity contribution in [3.63, 3.8) is 0 Å². The Hall–Kier alpha value is -0.306. The third kappa shape index (κ3) is 5.90. The monoisotopic (exact) mass is 432 g/mol. The summed E-state index contributed by atoms with van der Waals surface area (Å²) in [6.45, 7) is 4.27. The van der Waals surface area contributed by atoms with Gasteiger partial charge in [0.25, 0.3) is 0 Å². The Balaban J connectivity index is 0.00000288. The molecular formula is C14H22N3O5PY. The minimum atomic E-state index is -2.72. The van der Waals surface area contributed by atoms with Gasteiger partial charge >= 0.3 is 8.25 Å². The van der Waals surface area contributed by atoms with E-state index < -0.39 is 8.25 Å². The first-order valence-corrected chi connectivity index (χ1v) is 8.46. The van der Waals surface area contributed by atoms with Crippen molar-refractivity contribution in [2.45, 2.75) is 26.7 Å². The zero-order chi connectivity index (χ0) is 16.8. The van der Waals surface area contributed by atoms with Gasteiger partial charge in [-0.3, -0.25) is 4.57 Å². The molecule has 0 amide bonds. The van der Waals surface area contributed by atoms with Crippen molar-refractivity contribution >= 4 is 8.25 Å². The third-order valence-electron chi connectivity index (χ3n) is 3.51. The smallest absolute Gasteiger partial charge is 0.349 e. The predicted molar refractivity (Wildman–Crippen MR) is 85.9 cm³/mol. The van der Waals surface area contributed by atoms with E-state index in [-0.39, 0.29) is 45.9 Å². The molecular weight excluding hydrogens is 410 g/mol. The van der Waals surface area contributed by atoms with Gasteiger partial charge in [0.05, 0.1) is 18.0 Å². The Kier molecular flexibility index (Phi) is 9.63. The van der Waals surface area contributed by atoms with Crippen LogP contribution >= 0.6 is 8.25 Å². The van der Waals surface area contributed by atoms with Gasteiger partial charge in [0.2, 0.25) is 0 Å². The summed E-state index contributed by atoms with van der Waals surface area (Å²) in [5.74, 6) is 4.64. The molecule has 8 nitrogen and oxygen atoms in total. The SMILES string of the molecule is Cc1cc(CCO)c(-c2cc(CCO[PH](=O)OON)c(C)[nH]2)[nH]1.[Y]. The Bertz CT molecular complexity index is 673. The number of aliphatic hydroxyl groups is 1. The van der Waals surface area contributed by atoms with E-state index in [4.69, 9.17) is 4.52 Å². The number of aromatic nitrogens is 2. The zero-order valence-corrected chi connectivity index (χ0v) is 17.6. The summed E-state index contributed by atoms with van der Waals surface area (Å²) in [6, 6.07) is 4.04. The quantitative estimate of drug-likeness (QED) is 0.273. The Morgan fingerprint density at radius 3 is 2.62 bits per heavy atom. The molecule has 1 unspecified atom stereocenters. The molecule has 10 heteroatoms. The van der Waals surface area contributed by atoms with Crippen LogP contribution in [0.25, 0.3) is 11.4 Å². The molecule has 0 saturated heterocycles. The van der Waals surface area contributed by atoms with Gasteiger partial charge in [0.1, 0.15) is 0 Å². The molecule has 2 aromatic heterocycles. The van der Waals surface area contributed by atoms with Gasteiger partial charge in [-0.2, -0.15) is 5.90 Å². The first-order valence-electron chi connectivity index (χ1n) is 7.23. The van der Waals surface area contributed by atoms with Crippen LogP contribution in [0.4, 0.5) is 0 Å². The summed E-state index contributed by atoms with van der Waals surface area (Å²) in [7, 11) is -2.72. The first-order chi connectivity index (χ1) is 11.0. The van der Waals surface area contributed by atoms with Crippen LogP contribution < -0.4 is 5.90 Å². The number of aromatic amines is 2. The van der Waals surface area contributed by atoms with Crippen LogP contribution in [0.2, 0.25) is 0 Å². The number of hydrogen-bond donors (Lipinski definition) is 4. The first kappa shape index (κ1) is 21.7. The molecule has 0 aliphatic rings. The van der Waals surface area contributed by atoms with Crippen LogP contribution in [0.15, 0.2) is 12.1 Å². The van der Waals surface area contributed by atoms with E-state index in [1.54, 1.807) is 0 Å². The van der Waals surface area contributed by atoms with Crippen molar-refractivity contribution in [3.05, 3.63) is 34.6 Å². The second-order valence-electron chi connectivity index (χ2n) is 5.19. The van der Waals surface area contributed by atoms with E-state index in [1.165, 1.54) is 0 Å². The van der Waals surface area contributed by atoms with Crippen molar-refractivity contribution in [2.75, 3.05) is 13.2 Å². The van der Waals surface area contributed by atoms with Gasteiger partial charge in [-0.1, -0.05) is 0 Å². The number of hydrogen-bond acceptors (Lipinski definition) is 6. The van der Waals surface area contributed by atoms with Crippen LogP contribution in [-0.4, -0.2) is 28.3 Å². The fourth-order valence-electron chi connectivity index (χ4n) is 2.51. The number of rotatable bonds is 9. The van der Waals surface area contributed by atoms with Crippen molar-refractivity contribution < 1.29 is 56.6 Å². The van der Waals surface area contributed by atoms with Crippen LogP contribution in [0.5, 0.6) is 0 Å². The van der Waals surface area contributed by atoms with E-state index in [9.17, 15) is 9.67 Å². The fraction of sp³-hybridized carbons (Fsp3) is 0.429. The number of nitrogens with two attached hydrogens (primary N) is 1.